The van der Waals surface area contributed by atoms with E-state index in [4.69, 9.17) is 9.47 Å². The number of nitrogens with one attached hydrogen (secondary N) is 1. The molecule has 0 spiro atoms. The lowest BCUT2D eigenvalue weighted by molar-refractivity contribution is -0.129. The SMILES string of the molecule is COCCNC(=O)[C@@H](C)OC(=O)c1ccc(-n2cnnn2)cc1. The van der Waals surface area contributed by atoms with Gasteiger partial charge in [0.25, 0.3) is 5.91 Å². The predicted octanol–water partition coefficient (Wildman–Crippen LogP) is -0.0298. The highest BCUT2D eigenvalue weighted by molar-refractivity contribution is 5.92. The van der Waals surface area contributed by atoms with Gasteiger partial charge in [-0.25, -0.2) is 9.48 Å². The summed E-state index contributed by atoms with van der Waals surface area (Å²) < 4.78 is 11.4. The fraction of sp³-hybridized carbons (Fsp3) is 0.357. The van der Waals surface area contributed by atoms with Gasteiger partial charge < -0.3 is 14.8 Å². The van der Waals surface area contributed by atoms with E-state index in [1.165, 1.54) is 25.0 Å². The fourth-order valence-electron chi connectivity index (χ4n) is 1.73. The standard InChI is InChI=1S/C14H17N5O4/c1-10(13(20)15-7-8-22-2)23-14(21)11-3-5-12(6-4-11)19-9-16-17-18-19/h3-6,9-10H,7-8H2,1-2H3,(H,15,20)/t10-/m1/s1. The molecular formula is C14H17N5O4. The van der Waals surface area contributed by atoms with E-state index in [1.54, 1.807) is 24.3 Å². The maximum atomic E-state index is 12.0. The van der Waals surface area contributed by atoms with E-state index in [0.717, 1.165) is 0 Å². The van der Waals surface area contributed by atoms with Crippen LogP contribution < -0.4 is 5.32 Å². The molecule has 1 atom stereocenters. The molecule has 1 N–H and O–H groups in total. The van der Waals surface area contributed by atoms with Crippen LogP contribution in [0.1, 0.15) is 17.3 Å². The lowest BCUT2D eigenvalue weighted by atomic mass is 10.2. The summed E-state index contributed by atoms with van der Waals surface area (Å²) in [5, 5.41) is 13.4. The number of carbonyl (C=O) groups excluding carboxylic acids is 2. The lowest BCUT2D eigenvalue weighted by Gasteiger charge is -2.13. The number of amides is 1. The van der Waals surface area contributed by atoms with Gasteiger partial charge in [-0.1, -0.05) is 0 Å². The Hall–Kier alpha value is -2.81. The van der Waals surface area contributed by atoms with E-state index in [9.17, 15) is 9.59 Å². The zero-order valence-electron chi connectivity index (χ0n) is 12.8. The van der Waals surface area contributed by atoms with Crippen LogP contribution in [0.15, 0.2) is 30.6 Å². The molecule has 9 nitrogen and oxygen atoms in total. The molecule has 0 aliphatic heterocycles. The van der Waals surface area contributed by atoms with E-state index in [-0.39, 0.29) is 5.91 Å². The minimum atomic E-state index is -0.890. The summed E-state index contributed by atoms with van der Waals surface area (Å²) >= 11 is 0. The molecule has 1 aromatic carbocycles. The van der Waals surface area contributed by atoms with Crippen LogP contribution in [0.3, 0.4) is 0 Å². The van der Waals surface area contributed by atoms with Gasteiger partial charge in [0, 0.05) is 13.7 Å². The first kappa shape index (κ1) is 16.6. The van der Waals surface area contributed by atoms with Crippen LogP contribution in [0.2, 0.25) is 0 Å². The molecule has 0 fully saturated rings. The van der Waals surface area contributed by atoms with Crippen molar-refractivity contribution in [3.8, 4) is 5.69 Å². The Labute approximate surface area is 132 Å². The van der Waals surface area contributed by atoms with E-state index in [1.807, 2.05) is 0 Å². The number of aromatic nitrogens is 4. The van der Waals surface area contributed by atoms with Gasteiger partial charge in [-0.3, -0.25) is 4.79 Å². The molecular weight excluding hydrogens is 302 g/mol. The number of methoxy groups -OCH3 is 1. The summed E-state index contributed by atoms with van der Waals surface area (Å²) in [6.07, 6.45) is 0.554. The van der Waals surface area contributed by atoms with Gasteiger partial charge >= 0.3 is 5.97 Å². The molecule has 0 bridgehead atoms. The van der Waals surface area contributed by atoms with Crippen molar-refractivity contribution in [2.24, 2.45) is 0 Å². The molecule has 2 aromatic rings. The van der Waals surface area contributed by atoms with Crippen LogP contribution in [-0.4, -0.2) is 58.4 Å². The molecule has 0 aliphatic rings. The van der Waals surface area contributed by atoms with Crippen LogP contribution in [0.4, 0.5) is 0 Å². The summed E-state index contributed by atoms with van der Waals surface area (Å²) in [4.78, 5) is 23.7. The molecule has 1 aromatic heterocycles. The number of nitrogens with zero attached hydrogens (tertiary/aromatic N) is 4. The summed E-state index contributed by atoms with van der Waals surface area (Å²) in [6, 6.07) is 6.51. The lowest BCUT2D eigenvalue weighted by Crippen LogP contribution is -2.37. The maximum Gasteiger partial charge on any atom is 0.338 e. The number of tetrazole rings is 1. The number of esters is 1. The largest absolute Gasteiger partial charge is 0.449 e. The number of ether oxygens (including phenoxy) is 2. The Morgan fingerprint density at radius 2 is 2.04 bits per heavy atom. The van der Waals surface area contributed by atoms with Crippen molar-refractivity contribution < 1.29 is 19.1 Å². The third-order valence-electron chi connectivity index (χ3n) is 2.98. The third kappa shape index (κ3) is 4.58. The highest BCUT2D eigenvalue weighted by Gasteiger charge is 2.18. The van der Waals surface area contributed by atoms with E-state index < -0.39 is 12.1 Å². The first-order valence-electron chi connectivity index (χ1n) is 6.93. The predicted molar refractivity (Wildman–Crippen MR) is 78.9 cm³/mol. The van der Waals surface area contributed by atoms with E-state index in [2.05, 4.69) is 20.8 Å². The minimum Gasteiger partial charge on any atom is -0.449 e. The molecule has 1 amide bonds. The Morgan fingerprint density at radius 1 is 1.30 bits per heavy atom. The topological polar surface area (TPSA) is 108 Å². The zero-order valence-corrected chi connectivity index (χ0v) is 12.8. The monoisotopic (exact) mass is 319 g/mol. The van der Waals surface area contributed by atoms with Crippen molar-refractivity contribution in [1.29, 1.82) is 0 Å². The molecule has 0 saturated carbocycles. The molecule has 122 valence electrons. The average molecular weight is 319 g/mol. The minimum absolute atomic E-state index is 0.332. The molecule has 2 rings (SSSR count). The fourth-order valence-corrected chi connectivity index (χ4v) is 1.73. The van der Waals surface area contributed by atoms with Crippen molar-refractivity contribution in [3.05, 3.63) is 36.2 Å². The molecule has 9 heteroatoms. The summed E-state index contributed by atoms with van der Waals surface area (Å²) in [6.45, 7) is 2.26. The summed E-state index contributed by atoms with van der Waals surface area (Å²) in [5.41, 5.74) is 1.04. The molecule has 23 heavy (non-hydrogen) atoms. The zero-order chi connectivity index (χ0) is 16.7. The molecule has 1 heterocycles. The van der Waals surface area contributed by atoms with Gasteiger partial charge in [0.1, 0.15) is 6.33 Å². The summed E-state index contributed by atoms with van der Waals surface area (Å²) in [5.74, 6) is -0.955. The quantitative estimate of drug-likeness (QED) is 0.564. The molecule has 0 radical (unpaired) electrons. The molecule has 0 unspecified atom stereocenters. The van der Waals surface area contributed by atoms with Gasteiger partial charge in [-0.2, -0.15) is 0 Å². The molecule has 0 saturated heterocycles. The van der Waals surface area contributed by atoms with Crippen molar-refractivity contribution >= 4 is 11.9 Å². The number of benzene rings is 1. The van der Waals surface area contributed by atoms with Crippen molar-refractivity contribution in [3.63, 3.8) is 0 Å². The second-order valence-electron chi connectivity index (χ2n) is 4.63. The van der Waals surface area contributed by atoms with Crippen LogP contribution in [0, 0.1) is 0 Å². The van der Waals surface area contributed by atoms with Gasteiger partial charge in [0.05, 0.1) is 17.9 Å². The number of hydrogen-bond acceptors (Lipinski definition) is 7. The average Bonchev–Trinajstić information content (AvgIpc) is 3.09. The Morgan fingerprint density at radius 3 is 2.65 bits per heavy atom. The Bertz CT molecular complexity index is 642. The third-order valence-corrected chi connectivity index (χ3v) is 2.98. The van der Waals surface area contributed by atoms with Gasteiger partial charge in [-0.15, -0.1) is 5.10 Å². The van der Waals surface area contributed by atoms with Crippen molar-refractivity contribution in [2.45, 2.75) is 13.0 Å². The van der Waals surface area contributed by atoms with E-state index in [0.29, 0.717) is 24.4 Å². The van der Waals surface area contributed by atoms with Gasteiger partial charge in [0.15, 0.2) is 6.10 Å². The highest BCUT2D eigenvalue weighted by Crippen LogP contribution is 2.10. The Kier molecular flexibility index (Phi) is 5.75. The maximum absolute atomic E-state index is 12.0. The van der Waals surface area contributed by atoms with Gasteiger partial charge in [0.2, 0.25) is 0 Å². The van der Waals surface area contributed by atoms with Crippen LogP contribution in [0.5, 0.6) is 0 Å². The van der Waals surface area contributed by atoms with Crippen LogP contribution in [0.25, 0.3) is 5.69 Å². The second-order valence-corrected chi connectivity index (χ2v) is 4.63. The number of carbonyl (C=O) groups is 2. The van der Waals surface area contributed by atoms with Crippen molar-refractivity contribution in [2.75, 3.05) is 20.3 Å². The van der Waals surface area contributed by atoms with Crippen molar-refractivity contribution in [1.82, 2.24) is 25.5 Å². The normalized spacial score (nSPS) is 11.7. The second kappa shape index (κ2) is 7.99. The number of hydrogen-bond donors (Lipinski definition) is 1. The smallest absolute Gasteiger partial charge is 0.338 e. The number of rotatable bonds is 7. The first-order chi connectivity index (χ1) is 11.1. The first-order valence-corrected chi connectivity index (χ1v) is 6.93. The van der Waals surface area contributed by atoms with Gasteiger partial charge in [-0.05, 0) is 41.6 Å². The van der Waals surface area contributed by atoms with Crippen LogP contribution >= 0.6 is 0 Å². The van der Waals surface area contributed by atoms with Crippen LogP contribution in [-0.2, 0) is 14.3 Å². The molecule has 0 aliphatic carbocycles. The summed E-state index contributed by atoms with van der Waals surface area (Å²) in [7, 11) is 1.54. The highest BCUT2D eigenvalue weighted by atomic mass is 16.5. The Balaban J connectivity index is 1.91. The van der Waals surface area contributed by atoms with E-state index >= 15 is 0 Å².